The van der Waals surface area contributed by atoms with E-state index >= 15 is 0 Å². The number of aromatic nitrogens is 4. The molecule has 0 aliphatic heterocycles. The highest BCUT2D eigenvalue weighted by Crippen LogP contribution is 2.26. The predicted molar refractivity (Wildman–Crippen MR) is 81.0 cm³/mol. The van der Waals surface area contributed by atoms with Gasteiger partial charge in [-0.2, -0.15) is 5.10 Å². The number of hydrogen-bond donors (Lipinski definition) is 0. The van der Waals surface area contributed by atoms with E-state index in [0.29, 0.717) is 6.54 Å². The first-order valence-corrected chi connectivity index (χ1v) is 7.08. The van der Waals surface area contributed by atoms with E-state index in [2.05, 4.69) is 34.8 Å². The van der Waals surface area contributed by atoms with E-state index in [9.17, 15) is 0 Å². The maximum Gasteiger partial charge on any atom is 0.128 e. The van der Waals surface area contributed by atoms with E-state index in [0.717, 1.165) is 22.6 Å². The van der Waals surface area contributed by atoms with Crippen molar-refractivity contribution in [2.24, 2.45) is 7.05 Å². The standard InChI is InChI=1S/C15H17ClN4/c1-10-5-4-6-13-14(10)17-15(11(2)16)20(13)9-12-7-8-19(3)18-12/h4-8,11H,9H2,1-3H3. The van der Waals surface area contributed by atoms with Crippen LogP contribution in [0.3, 0.4) is 0 Å². The van der Waals surface area contributed by atoms with Crippen LogP contribution in [0.4, 0.5) is 0 Å². The van der Waals surface area contributed by atoms with Crippen molar-refractivity contribution in [3.8, 4) is 0 Å². The van der Waals surface area contributed by atoms with Crippen LogP contribution in [0.25, 0.3) is 11.0 Å². The molecule has 0 radical (unpaired) electrons. The summed E-state index contributed by atoms with van der Waals surface area (Å²) in [7, 11) is 1.92. The average Bonchev–Trinajstić information content (AvgIpc) is 2.96. The van der Waals surface area contributed by atoms with E-state index in [4.69, 9.17) is 16.6 Å². The molecule has 2 heterocycles. The molecule has 3 aromatic rings. The number of fused-ring (bicyclic) bond motifs is 1. The minimum Gasteiger partial charge on any atom is -0.321 e. The van der Waals surface area contributed by atoms with Crippen LogP contribution in [0.15, 0.2) is 30.5 Å². The lowest BCUT2D eigenvalue weighted by atomic mass is 10.2. The number of halogens is 1. The summed E-state index contributed by atoms with van der Waals surface area (Å²) in [5.41, 5.74) is 4.30. The zero-order valence-electron chi connectivity index (χ0n) is 11.8. The quantitative estimate of drug-likeness (QED) is 0.692. The van der Waals surface area contributed by atoms with Crippen LogP contribution in [0, 0.1) is 6.92 Å². The molecule has 0 saturated heterocycles. The molecule has 0 aliphatic carbocycles. The molecule has 0 saturated carbocycles. The summed E-state index contributed by atoms with van der Waals surface area (Å²) in [5.74, 6) is 0.890. The van der Waals surface area contributed by atoms with Gasteiger partial charge in [-0.15, -0.1) is 11.6 Å². The lowest BCUT2D eigenvalue weighted by Gasteiger charge is -2.08. The zero-order valence-corrected chi connectivity index (χ0v) is 12.6. The van der Waals surface area contributed by atoms with Crippen molar-refractivity contribution < 1.29 is 0 Å². The molecule has 0 spiro atoms. The fraction of sp³-hybridized carbons (Fsp3) is 0.333. The fourth-order valence-corrected chi connectivity index (χ4v) is 2.65. The molecule has 104 valence electrons. The number of nitrogens with zero attached hydrogens (tertiary/aromatic N) is 4. The molecule has 0 bridgehead atoms. The highest BCUT2D eigenvalue weighted by Gasteiger charge is 2.16. The van der Waals surface area contributed by atoms with Gasteiger partial charge in [0.25, 0.3) is 0 Å². The Morgan fingerprint density at radius 1 is 1.30 bits per heavy atom. The predicted octanol–water partition coefficient (Wildman–Crippen LogP) is 3.43. The Balaban J connectivity index is 2.16. The van der Waals surface area contributed by atoms with Gasteiger partial charge in [0, 0.05) is 13.2 Å². The normalized spacial score (nSPS) is 13.0. The van der Waals surface area contributed by atoms with Crippen LogP contribution in [0.2, 0.25) is 0 Å². The number of rotatable bonds is 3. The molecule has 1 atom stereocenters. The maximum atomic E-state index is 6.29. The van der Waals surface area contributed by atoms with Crippen LogP contribution >= 0.6 is 11.6 Å². The van der Waals surface area contributed by atoms with E-state index < -0.39 is 0 Å². The lowest BCUT2D eigenvalue weighted by Crippen LogP contribution is -2.06. The monoisotopic (exact) mass is 288 g/mol. The zero-order chi connectivity index (χ0) is 14.3. The Morgan fingerprint density at radius 2 is 2.10 bits per heavy atom. The van der Waals surface area contributed by atoms with E-state index in [1.165, 1.54) is 5.56 Å². The van der Waals surface area contributed by atoms with Crippen molar-refractivity contribution in [2.45, 2.75) is 25.8 Å². The van der Waals surface area contributed by atoms with Crippen molar-refractivity contribution >= 4 is 22.6 Å². The highest BCUT2D eigenvalue weighted by atomic mass is 35.5. The number of para-hydroxylation sites is 1. The van der Waals surface area contributed by atoms with Crippen LogP contribution in [0.5, 0.6) is 0 Å². The van der Waals surface area contributed by atoms with Gasteiger partial charge in [-0.25, -0.2) is 4.98 Å². The summed E-state index contributed by atoms with van der Waals surface area (Å²) in [4.78, 5) is 4.71. The smallest absolute Gasteiger partial charge is 0.128 e. The van der Waals surface area contributed by atoms with Crippen molar-refractivity contribution in [3.05, 3.63) is 47.5 Å². The van der Waals surface area contributed by atoms with Crippen molar-refractivity contribution in [1.82, 2.24) is 19.3 Å². The topological polar surface area (TPSA) is 35.6 Å². The summed E-state index contributed by atoms with van der Waals surface area (Å²) in [6.07, 6.45) is 1.95. The molecule has 3 rings (SSSR count). The average molecular weight is 289 g/mol. The van der Waals surface area contributed by atoms with Gasteiger partial charge in [0.05, 0.1) is 28.6 Å². The first-order chi connectivity index (χ1) is 9.56. The SMILES string of the molecule is Cc1cccc2c1nc(C(C)Cl)n2Cc1ccn(C)n1. The summed E-state index contributed by atoms with van der Waals surface area (Å²) < 4.78 is 3.96. The number of benzene rings is 1. The van der Waals surface area contributed by atoms with E-state index in [1.54, 1.807) is 0 Å². The molecule has 1 aromatic carbocycles. The molecule has 20 heavy (non-hydrogen) atoms. The van der Waals surface area contributed by atoms with Gasteiger partial charge in [0.2, 0.25) is 0 Å². The first-order valence-electron chi connectivity index (χ1n) is 6.64. The third kappa shape index (κ3) is 2.20. The molecule has 0 fully saturated rings. The molecule has 0 amide bonds. The lowest BCUT2D eigenvalue weighted by molar-refractivity contribution is 0.689. The number of alkyl halides is 1. The molecule has 5 heteroatoms. The molecule has 0 N–H and O–H groups in total. The van der Waals surface area contributed by atoms with Crippen molar-refractivity contribution in [1.29, 1.82) is 0 Å². The number of imidazole rings is 1. The number of hydrogen-bond acceptors (Lipinski definition) is 2. The second-order valence-corrected chi connectivity index (χ2v) is 5.75. The third-order valence-electron chi connectivity index (χ3n) is 3.45. The van der Waals surface area contributed by atoms with Crippen molar-refractivity contribution in [2.75, 3.05) is 0 Å². The van der Waals surface area contributed by atoms with Gasteiger partial charge in [-0.05, 0) is 31.5 Å². The molecular weight excluding hydrogens is 272 g/mol. The molecule has 4 nitrogen and oxygen atoms in total. The van der Waals surface area contributed by atoms with E-state index in [1.807, 2.05) is 30.9 Å². The van der Waals surface area contributed by atoms with Crippen LogP contribution in [0.1, 0.15) is 29.4 Å². The maximum absolute atomic E-state index is 6.29. The van der Waals surface area contributed by atoms with E-state index in [-0.39, 0.29) is 5.38 Å². The molecule has 2 aromatic heterocycles. The van der Waals surface area contributed by atoms with Crippen molar-refractivity contribution in [3.63, 3.8) is 0 Å². The summed E-state index contributed by atoms with van der Waals surface area (Å²) in [6, 6.07) is 8.23. The van der Waals surface area contributed by atoms with Gasteiger partial charge in [-0.1, -0.05) is 12.1 Å². The van der Waals surface area contributed by atoms with Gasteiger partial charge < -0.3 is 4.57 Å². The van der Waals surface area contributed by atoms with Crippen LogP contribution in [-0.4, -0.2) is 19.3 Å². The molecule has 0 aliphatic rings. The third-order valence-corrected chi connectivity index (χ3v) is 3.65. The Labute approximate surface area is 123 Å². The van der Waals surface area contributed by atoms with Gasteiger partial charge >= 0.3 is 0 Å². The minimum atomic E-state index is -0.134. The van der Waals surface area contributed by atoms with Crippen LogP contribution in [-0.2, 0) is 13.6 Å². The van der Waals surface area contributed by atoms with Gasteiger partial charge in [0.15, 0.2) is 0 Å². The molecular formula is C15H17ClN4. The summed E-state index contributed by atoms with van der Waals surface area (Å²) >= 11 is 6.29. The second kappa shape index (κ2) is 4.94. The fourth-order valence-electron chi connectivity index (χ4n) is 2.48. The number of aryl methyl sites for hydroxylation is 2. The Hall–Kier alpha value is -1.81. The van der Waals surface area contributed by atoms with Crippen LogP contribution < -0.4 is 0 Å². The largest absolute Gasteiger partial charge is 0.321 e. The van der Waals surface area contributed by atoms with Gasteiger partial charge in [0.1, 0.15) is 5.82 Å². The Morgan fingerprint density at radius 3 is 2.75 bits per heavy atom. The first kappa shape index (κ1) is 13.2. The Kier molecular flexibility index (Phi) is 3.26. The highest BCUT2D eigenvalue weighted by molar-refractivity contribution is 6.20. The summed E-state index contributed by atoms with van der Waals surface area (Å²) in [6.45, 7) is 4.71. The minimum absolute atomic E-state index is 0.134. The Bertz CT molecular complexity index is 754. The van der Waals surface area contributed by atoms with Gasteiger partial charge in [-0.3, -0.25) is 4.68 Å². The summed E-state index contributed by atoms with van der Waals surface area (Å²) in [5, 5.41) is 4.31. The second-order valence-electron chi connectivity index (χ2n) is 5.10. The molecule has 1 unspecified atom stereocenters.